The zero-order chi connectivity index (χ0) is 11.3. The van der Waals surface area contributed by atoms with Crippen molar-refractivity contribution in [3.63, 3.8) is 0 Å². The van der Waals surface area contributed by atoms with E-state index in [1.54, 1.807) is 0 Å². The van der Waals surface area contributed by atoms with E-state index >= 15 is 0 Å². The first-order valence-corrected chi connectivity index (χ1v) is 5.79. The molecule has 1 heterocycles. The third-order valence-electron chi connectivity index (χ3n) is 3.16. The Hall–Kier alpha value is -0.610. The van der Waals surface area contributed by atoms with Gasteiger partial charge in [-0.15, -0.1) is 0 Å². The van der Waals surface area contributed by atoms with Gasteiger partial charge < -0.3 is 15.7 Å². The summed E-state index contributed by atoms with van der Waals surface area (Å²) in [6.45, 7) is 3.59. The van der Waals surface area contributed by atoms with Crippen molar-refractivity contribution in [1.29, 1.82) is 0 Å². The highest BCUT2D eigenvalue weighted by Crippen LogP contribution is 2.18. The van der Waals surface area contributed by atoms with Crippen LogP contribution in [-0.4, -0.2) is 41.7 Å². The van der Waals surface area contributed by atoms with Crippen LogP contribution in [0.5, 0.6) is 0 Å². The van der Waals surface area contributed by atoms with Gasteiger partial charge in [0, 0.05) is 13.0 Å². The number of hydrogen-bond acceptors (Lipinski definition) is 3. The van der Waals surface area contributed by atoms with E-state index in [9.17, 15) is 4.79 Å². The van der Waals surface area contributed by atoms with Crippen molar-refractivity contribution in [3.8, 4) is 0 Å². The van der Waals surface area contributed by atoms with E-state index < -0.39 is 0 Å². The van der Waals surface area contributed by atoms with Crippen LogP contribution in [0, 0.1) is 5.92 Å². The lowest BCUT2D eigenvalue weighted by molar-refractivity contribution is -0.133. The van der Waals surface area contributed by atoms with Gasteiger partial charge in [-0.2, -0.15) is 0 Å². The van der Waals surface area contributed by atoms with Gasteiger partial charge in [0.2, 0.25) is 5.91 Å². The van der Waals surface area contributed by atoms with E-state index in [2.05, 4.69) is 6.92 Å². The average molecular weight is 214 g/mol. The Balaban J connectivity index is 2.33. The minimum Gasteiger partial charge on any atom is -0.394 e. The molecule has 15 heavy (non-hydrogen) atoms. The maximum Gasteiger partial charge on any atom is 0.222 e. The van der Waals surface area contributed by atoms with Crippen LogP contribution in [0.1, 0.15) is 32.6 Å². The van der Waals surface area contributed by atoms with E-state index in [1.807, 2.05) is 4.90 Å². The van der Waals surface area contributed by atoms with Gasteiger partial charge in [-0.1, -0.05) is 6.92 Å². The molecular formula is C11H22N2O2. The van der Waals surface area contributed by atoms with Gasteiger partial charge in [-0.05, 0) is 31.7 Å². The summed E-state index contributed by atoms with van der Waals surface area (Å²) in [4.78, 5) is 13.6. The third-order valence-corrected chi connectivity index (χ3v) is 3.16. The molecule has 0 aliphatic carbocycles. The molecule has 2 atom stereocenters. The fourth-order valence-electron chi connectivity index (χ4n) is 1.99. The second-order valence-corrected chi connectivity index (χ2v) is 4.45. The topological polar surface area (TPSA) is 66.6 Å². The molecule has 0 aromatic rings. The van der Waals surface area contributed by atoms with E-state index in [0.29, 0.717) is 18.9 Å². The van der Waals surface area contributed by atoms with Crippen molar-refractivity contribution >= 4 is 5.91 Å². The highest BCUT2D eigenvalue weighted by molar-refractivity contribution is 5.76. The van der Waals surface area contributed by atoms with Crippen LogP contribution >= 0.6 is 0 Å². The number of amides is 1. The maximum atomic E-state index is 11.8. The largest absolute Gasteiger partial charge is 0.394 e. The van der Waals surface area contributed by atoms with Crippen molar-refractivity contribution in [2.45, 2.75) is 38.6 Å². The Morgan fingerprint density at radius 1 is 1.67 bits per heavy atom. The van der Waals surface area contributed by atoms with Crippen LogP contribution in [0.3, 0.4) is 0 Å². The van der Waals surface area contributed by atoms with E-state index in [0.717, 1.165) is 25.8 Å². The molecule has 88 valence electrons. The first kappa shape index (κ1) is 12.5. The van der Waals surface area contributed by atoms with Crippen molar-refractivity contribution in [3.05, 3.63) is 0 Å². The van der Waals surface area contributed by atoms with Crippen LogP contribution in [0.15, 0.2) is 0 Å². The summed E-state index contributed by atoms with van der Waals surface area (Å²) in [5, 5.41) is 9.10. The predicted molar refractivity (Wildman–Crippen MR) is 59.3 cm³/mol. The number of carbonyl (C=O) groups excluding carboxylic acids is 1. The number of likely N-dealkylation sites (tertiary alicyclic amines) is 1. The van der Waals surface area contributed by atoms with Gasteiger partial charge in [0.05, 0.1) is 12.6 Å². The number of nitrogens with zero attached hydrogens (tertiary/aromatic N) is 1. The Morgan fingerprint density at radius 3 is 3.00 bits per heavy atom. The molecular weight excluding hydrogens is 192 g/mol. The van der Waals surface area contributed by atoms with Gasteiger partial charge in [-0.25, -0.2) is 0 Å². The summed E-state index contributed by atoms with van der Waals surface area (Å²) in [6.07, 6.45) is 3.37. The summed E-state index contributed by atoms with van der Waals surface area (Å²) >= 11 is 0. The fourth-order valence-corrected chi connectivity index (χ4v) is 1.99. The lowest BCUT2D eigenvalue weighted by Crippen LogP contribution is -2.37. The molecule has 2 unspecified atom stereocenters. The Bertz CT molecular complexity index is 209. The van der Waals surface area contributed by atoms with Crippen LogP contribution in [0.25, 0.3) is 0 Å². The molecule has 0 aromatic heterocycles. The molecule has 0 bridgehead atoms. The number of aliphatic hydroxyl groups is 1. The summed E-state index contributed by atoms with van der Waals surface area (Å²) < 4.78 is 0. The molecule has 4 nitrogen and oxygen atoms in total. The summed E-state index contributed by atoms with van der Waals surface area (Å²) in [6, 6.07) is 0.0608. The first-order valence-electron chi connectivity index (χ1n) is 5.79. The lowest BCUT2D eigenvalue weighted by Gasteiger charge is -2.23. The Labute approximate surface area is 91.4 Å². The minimum absolute atomic E-state index is 0.0608. The highest BCUT2D eigenvalue weighted by atomic mass is 16.3. The standard InChI is InChI=1S/C11H22N2O2/c1-9(7-12)4-5-11(15)13-6-2-3-10(13)8-14/h9-10,14H,2-8,12H2,1H3. The number of hydrogen-bond donors (Lipinski definition) is 2. The Morgan fingerprint density at radius 2 is 2.40 bits per heavy atom. The summed E-state index contributed by atoms with van der Waals surface area (Å²) in [5.74, 6) is 0.580. The van der Waals surface area contributed by atoms with Crippen LogP contribution < -0.4 is 5.73 Å². The van der Waals surface area contributed by atoms with Gasteiger partial charge in [0.1, 0.15) is 0 Å². The fraction of sp³-hybridized carbons (Fsp3) is 0.909. The molecule has 1 saturated heterocycles. The molecule has 1 rings (SSSR count). The molecule has 0 radical (unpaired) electrons. The Kier molecular flexibility index (Phi) is 5.05. The monoisotopic (exact) mass is 214 g/mol. The number of carbonyl (C=O) groups is 1. The zero-order valence-electron chi connectivity index (χ0n) is 9.48. The van der Waals surface area contributed by atoms with Gasteiger partial charge in [-0.3, -0.25) is 4.79 Å². The van der Waals surface area contributed by atoms with Crippen molar-refractivity contribution in [2.75, 3.05) is 19.7 Å². The molecule has 3 N–H and O–H groups in total. The molecule has 0 spiro atoms. The molecule has 1 fully saturated rings. The predicted octanol–water partition coefficient (Wildman–Crippen LogP) is 0.345. The third kappa shape index (κ3) is 3.47. The number of rotatable bonds is 5. The van der Waals surface area contributed by atoms with Gasteiger partial charge in [0.25, 0.3) is 0 Å². The average Bonchev–Trinajstić information content (AvgIpc) is 2.73. The molecule has 1 amide bonds. The SMILES string of the molecule is CC(CN)CCC(=O)N1CCCC1CO. The van der Waals surface area contributed by atoms with Crippen LogP contribution in [-0.2, 0) is 4.79 Å². The number of aliphatic hydroxyl groups excluding tert-OH is 1. The van der Waals surface area contributed by atoms with Gasteiger partial charge >= 0.3 is 0 Å². The lowest BCUT2D eigenvalue weighted by atomic mass is 10.1. The second-order valence-electron chi connectivity index (χ2n) is 4.45. The zero-order valence-corrected chi connectivity index (χ0v) is 9.48. The van der Waals surface area contributed by atoms with Crippen molar-refractivity contribution in [2.24, 2.45) is 11.7 Å². The smallest absolute Gasteiger partial charge is 0.222 e. The maximum absolute atomic E-state index is 11.8. The molecule has 0 aromatic carbocycles. The van der Waals surface area contributed by atoms with E-state index in [-0.39, 0.29) is 18.6 Å². The highest BCUT2D eigenvalue weighted by Gasteiger charge is 2.27. The summed E-state index contributed by atoms with van der Waals surface area (Å²) in [7, 11) is 0. The normalized spacial score (nSPS) is 23.1. The molecule has 0 saturated carbocycles. The van der Waals surface area contributed by atoms with Crippen LogP contribution in [0.4, 0.5) is 0 Å². The molecule has 1 aliphatic heterocycles. The molecule has 1 aliphatic rings. The van der Waals surface area contributed by atoms with E-state index in [1.165, 1.54) is 0 Å². The minimum atomic E-state index is 0.0608. The quantitative estimate of drug-likeness (QED) is 0.693. The van der Waals surface area contributed by atoms with Crippen molar-refractivity contribution in [1.82, 2.24) is 4.90 Å². The van der Waals surface area contributed by atoms with Crippen molar-refractivity contribution < 1.29 is 9.90 Å². The first-order chi connectivity index (χ1) is 7.19. The second kappa shape index (κ2) is 6.08. The van der Waals surface area contributed by atoms with Crippen LogP contribution in [0.2, 0.25) is 0 Å². The summed E-state index contributed by atoms with van der Waals surface area (Å²) in [5.41, 5.74) is 5.50. The van der Waals surface area contributed by atoms with Gasteiger partial charge in [0.15, 0.2) is 0 Å². The van der Waals surface area contributed by atoms with E-state index in [4.69, 9.17) is 10.8 Å². The number of nitrogens with two attached hydrogens (primary N) is 1. The molecule has 4 heteroatoms.